The molecule has 0 spiro atoms. The van der Waals surface area contributed by atoms with Crippen LogP contribution in [0.15, 0.2) is 30.5 Å². The van der Waals surface area contributed by atoms with Crippen molar-refractivity contribution in [3.05, 3.63) is 30.5 Å². The lowest BCUT2D eigenvalue weighted by Gasteiger charge is -2.34. The number of rotatable bonds is 5. The first-order valence-corrected chi connectivity index (χ1v) is 10.4. The summed E-state index contributed by atoms with van der Waals surface area (Å²) in [5.41, 5.74) is 2.34. The number of aromatic nitrogens is 3. The zero-order valence-corrected chi connectivity index (χ0v) is 16.3. The molecule has 1 atom stereocenters. The van der Waals surface area contributed by atoms with Crippen molar-refractivity contribution in [2.45, 2.75) is 57.9 Å². The number of benzene rings is 1. The van der Waals surface area contributed by atoms with Crippen molar-refractivity contribution in [2.75, 3.05) is 34.8 Å². The molecule has 2 aliphatic heterocycles. The van der Waals surface area contributed by atoms with Gasteiger partial charge >= 0.3 is 0 Å². The summed E-state index contributed by atoms with van der Waals surface area (Å²) in [4.78, 5) is 9.52. The summed E-state index contributed by atoms with van der Waals surface area (Å²) >= 11 is 0. The van der Waals surface area contributed by atoms with E-state index in [1.807, 2.05) is 0 Å². The molecule has 0 radical (unpaired) electrons. The second-order valence-electron chi connectivity index (χ2n) is 7.61. The zero-order chi connectivity index (χ0) is 18.5. The number of anilines is 4. The monoisotopic (exact) mass is 366 g/mol. The van der Waals surface area contributed by atoms with Crippen molar-refractivity contribution in [3.63, 3.8) is 0 Å². The van der Waals surface area contributed by atoms with Gasteiger partial charge in [-0.05, 0) is 69.2 Å². The van der Waals surface area contributed by atoms with E-state index in [2.05, 4.69) is 56.5 Å². The van der Waals surface area contributed by atoms with Crippen LogP contribution in [0.3, 0.4) is 0 Å². The van der Waals surface area contributed by atoms with Crippen molar-refractivity contribution in [3.8, 4) is 0 Å². The predicted molar refractivity (Wildman–Crippen MR) is 111 cm³/mol. The average molecular weight is 367 g/mol. The smallest absolute Gasteiger partial charge is 0.247 e. The first-order chi connectivity index (χ1) is 13.3. The van der Waals surface area contributed by atoms with Crippen LogP contribution in [0, 0.1) is 0 Å². The fourth-order valence-electron chi connectivity index (χ4n) is 4.22. The van der Waals surface area contributed by atoms with Gasteiger partial charge in [-0.1, -0.05) is 6.92 Å². The molecule has 6 heteroatoms. The molecule has 2 fully saturated rings. The molecule has 2 saturated heterocycles. The molecule has 0 aliphatic carbocycles. The van der Waals surface area contributed by atoms with E-state index >= 15 is 0 Å². The second-order valence-corrected chi connectivity index (χ2v) is 7.61. The van der Waals surface area contributed by atoms with E-state index in [0.29, 0.717) is 6.04 Å². The summed E-state index contributed by atoms with van der Waals surface area (Å²) in [5.74, 6) is 1.50. The molecule has 1 aromatic carbocycles. The molecule has 4 rings (SSSR count). The Hall–Kier alpha value is -2.37. The van der Waals surface area contributed by atoms with E-state index in [9.17, 15) is 0 Å². The third-order valence-electron chi connectivity index (χ3n) is 5.76. The van der Waals surface area contributed by atoms with Crippen molar-refractivity contribution >= 4 is 23.1 Å². The van der Waals surface area contributed by atoms with Gasteiger partial charge in [-0.15, -0.1) is 5.10 Å². The van der Waals surface area contributed by atoms with Crippen molar-refractivity contribution in [2.24, 2.45) is 0 Å². The molecular weight excluding hydrogens is 336 g/mol. The lowest BCUT2D eigenvalue weighted by Crippen LogP contribution is -2.40. The van der Waals surface area contributed by atoms with Crippen molar-refractivity contribution in [1.82, 2.24) is 15.2 Å². The highest BCUT2D eigenvalue weighted by Crippen LogP contribution is 2.26. The minimum Gasteiger partial charge on any atom is -0.372 e. The second kappa shape index (κ2) is 8.55. The normalized spacial score (nSPS) is 20.6. The first-order valence-electron chi connectivity index (χ1n) is 10.4. The molecule has 2 aliphatic rings. The fourth-order valence-corrected chi connectivity index (χ4v) is 4.22. The van der Waals surface area contributed by atoms with Crippen LogP contribution in [-0.4, -0.2) is 40.9 Å². The Balaban J connectivity index is 1.45. The van der Waals surface area contributed by atoms with Crippen LogP contribution in [-0.2, 0) is 0 Å². The number of nitrogens with zero attached hydrogens (tertiary/aromatic N) is 5. The topological polar surface area (TPSA) is 57.2 Å². The van der Waals surface area contributed by atoms with E-state index < -0.39 is 0 Å². The summed E-state index contributed by atoms with van der Waals surface area (Å²) in [5, 5.41) is 11.9. The first kappa shape index (κ1) is 18.0. The summed E-state index contributed by atoms with van der Waals surface area (Å²) in [7, 11) is 0. The maximum absolute atomic E-state index is 4.73. The quantitative estimate of drug-likeness (QED) is 0.848. The van der Waals surface area contributed by atoms with E-state index in [-0.39, 0.29) is 0 Å². The predicted octanol–water partition coefficient (Wildman–Crippen LogP) is 4.37. The molecule has 144 valence electrons. The highest BCUT2D eigenvalue weighted by molar-refractivity contribution is 5.61. The van der Waals surface area contributed by atoms with Gasteiger partial charge in [0.15, 0.2) is 5.82 Å². The summed E-state index contributed by atoms with van der Waals surface area (Å²) in [6, 6.07) is 9.17. The third kappa shape index (κ3) is 4.31. The number of nitrogens with one attached hydrogen (secondary N) is 1. The van der Waals surface area contributed by atoms with Crippen molar-refractivity contribution < 1.29 is 0 Å². The van der Waals surface area contributed by atoms with Crippen LogP contribution in [0.1, 0.15) is 51.9 Å². The van der Waals surface area contributed by atoms with Gasteiger partial charge in [0, 0.05) is 37.1 Å². The van der Waals surface area contributed by atoms with Crippen LogP contribution in [0.25, 0.3) is 0 Å². The molecule has 3 heterocycles. The van der Waals surface area contributed by atoms with Gasteiger partial charge in [0.1, 0.15) is 0 Å². The SMILES string of the molecule is CCC1CCCCN1c1nncc(Nc2ccc(N3CCCCC3)cc2)n1. The van der Waals surface area contributed by atoms with Crippen LogP contribution < -0.4 is 15.1 Å². The van der Waals surface area contributed by atoms with Crippen LogP contribution in [0.4, 0.5) is 23.1 Å². The average Bonchev–Trinajstić information content (AvgIpc) is 2.75. The molecule has 0 amide bonds. The molecule has 2 aromatic rings. The third-order valence-corrected chi connectivity index (χ3v) is 5.76. The van der Waals surface area contributed by atoms with Gasteiger partial charge < -0.3 is 15.1 Å². The van der Waals surface area contributed by atoms with Crippen LogP contribution in [0.2, 0.25) is 0 Å². The fraction of sp³-hybridized carbons (Fsp3) is 0.571. The van der Waals surface area contributed by atoms with E-state index in [4.69, 9.17) is 4.98 Å². The largest absolute Gasteiger partial charge is 0.372 e. The maximum atomic E-state index is 4.73. The van der Waals surface area contributed by atoms with Gasteiger partial charge in [-0.25, -0.2) is 0 Å². The Morgan fingerprint density at radius 3 is 2.56 bits per heavy atom. The molecule has 1 aromatic heterocycles. The molecule has 1 unspecified atom stereocenters. The molecular formula is C21H30N6. The lowest BCUT2D eigenvalue weighted by molar-refractivity contribution is 0.442. The van der Waals surface area contributed by atoms with Gasteiger partial charge in [0.2, 0.25) is 5.95 Å². The number of hydrogen-bond donors (Lipinski definition) is 1. The van der Waals surface area contributed by atoms with E-state index in [0.717, 1.165) is 30.4 Å². The van der Waals surface area contributed by atoms with Gasteiger partial charge in [-0.3, -0.25) is 0 Å². The standard InChI is InChI=1S/C21H30N6/c1-2-18-8-4-7-15-27(18)21-24-20(16-22-25-21)23-17-9-11-19(12-10-17)26-13-5-3-6-14-26/h9-12,16,18H,2-8,13-15H2,1H3,(H,23,24,25). The Morgan fingerprint density at radius 1 is 1.00 bits per heavy atom. The van der Waals surface area contributed by atoms with Gasteiger partial charge in [-0.2, -0.15) is 10.1 Å². The molecule has 0 bridgehead atoms. The Kier molecular flexibility index (Phi) is 5.70. The Labute approximate surface area is 162 Å². The van der Waals surface area contributed by atoms with Gasteiger partial charge in [0.05, 0.1) is 6.20 Å². The number of piperidine rings is 2. The van der Waals surface area contributed by atoms with E-state index in [1.165, 1.54) is 57.3 Å². The minimum atomic E-state index is 0.527. The maximum Gasteiger partial charge on any atom is 0.247 e. The Morgan fingerprint density at radius 2 is 1.78 bits per heavy atom. The minimum absolute atomic E-state index is 0.527. The zero-order valence-electron chi connectivity index (χ0n) is 16.3. The van der Waals surface area contributed by atoms with Gasteiger partial charge in [0.25, 0.3) is 0 Å². The highest BCUT2D eigenvalue weighted by Gasteiger charge is 2.23. The summed E-state index contributed by atoms with van der Waals surface area (Å²) in [6.07, 6.45) is 10.5. The van der Waals surface area contributed by atoms with E-state index in [1.54, 1.807) is 6.20 Å². The van der Waals surface area contributed by atoms with Crippen molar-refractivity contribution in [1.29, 1.82) is 0 Å². The molecule has 1 N–H and O–H groups in total. The highest BCUT2D eigenvalue weighted by atomic mass is 15.3. The molecule has 0 saturated carbocycles. The number of hydrogen-bond acceptors (Lipinski definition) is 6. The lowest BCUT2D eigenvalue weighted by atomic mass is 10.0. The van der Waals surface area contributed by atoms with Crippen LogP contribution in [0.5, 0.6) is 0 Å². The van der Waals surface area contributed by atoms with Crippen LogP contribution >= 0.6 is 0 Å². The summed E-state index contributed by atoms with van der Waals surface area (Å²) < 4.78 is 0. The molecule has 27 heavy (non-hydrogen) atoms. The Bertz CT molecular complexity index is 726. The molecule has 6 nitrogen and oxygen atoms in total. The summed E-state index contributed by atoms with van der Waals surface area (Å²) in [6.45, 7) is 5.59.